The Hall–Kier alpha value is -2.12. The van der Waals surface area contributed by atoms with Crippen LogP contribution in [0.3, 0.4) is 0 Å². The number of nitrogens with zero attached hydrogens (tertiary/aromatic N) is 3. The van der Waals surface area contributed by atoms with E-state index in [1.165, 1.54) is 0 Å². The molecule has 1 saturated heterocycles. The minimum atomic E-state index is -0.239. The van der Waals surface area contributed by atoms with Crippen molar-refractivity contribution >= 4 is 17.5 Å². The lowest BCUT2D eigenvalue weighted by molar-refractivity contribution is -0.0403. The summed E-state index contributed by atoms with van der Waals surface area (Å²) in [5, 5.41) is 4.06. The van der Waals surface area contributed by atoms with Gasteiger partial charge in [0.05, 0.1) is 13.2 Å². The zero-order valence-electron chi connectivity index (χ0n) is 12.6. The molecule has 1 atom stereocenters. The van der Waals surface area contributed by atoms with Crippen LogP contribution in [0.2, 0.25) is 5.15 Å². The van der Waals surface area contributed by atoms with Gasteiger partial charge in [0.2, 0.25) is 0 Å². The van der Waals surface area contributed by atoms with Gasteiger partial charge in [0.1, 0.15) is 18.5 Å². The summed E-state index contributed by atoms with van der Waals surface area (Å²) in [5.41, 5.74) is 0.305. The van der Waals surface area contributed by atoms with Crippen molar-refractivity contribution in [3.8, 4) is 5.75 Å². The third-order valence-electron chi connectivity index (χ3n) is 3.42. The average molecular weight is 338 g/mol. The van der Waals surface area contributed by atoms with Crippen molar-refractivity contribution in [2.75, 3.05) is 26.3 Å². The molecule has 3 heterocycles. The minimum absolute atomic E-state index is 0.172. The average Bonchev–Trinajstić information content (AvgIpc) is 3.00. The Bertz CT molecular complexity index is 691. The van der Waals surface area contributed by atoms with E-state index in [1.54, 1.807) is 36.2 Å². The lowest BCUT2D eigenvalue weighted by Gasteiger charge is -2.32. The molecule has 23 heavy (non-hydrogen) atoms. The monoisotopic (exact) mass is 337 g/mol. The number of carbonyl (C=O) groups excluding carboxylic acids is 1. The highest BCUT2D eigenvalue weighted by Crippen LogP contribution is 2.21. The number of amides is 1. The highest BCUT2D eigenvalue weighted by atomic mass is 35.5. The first-order valence-corrected chi connectivity index (χ1v) is 7.59. The zero-order valence-corrected chi connectivity index (χ0v) is 13.3. The van der Waals surface area contributed by atoms with Gasteiger partial charge in [0.25, 0.3) is 5.91 Å². The van der Waals surface area contributed by atoms with Crippen molar-refractivity contribution in [2.45, 2.75) is 13.0 Å². The van der Waals surface area contributed by atoms with Crippen LogP contribution in [0.4, 0.5) is 0 Å². The summed E-state index contributed by atoms with van der Waals surface area (Å²) in [4.78, 5) is 18.0. The molecule has 0 aromatic carbocycles. The Labute approximate surface area is 138 Å². The fraction of sp³-hybridized carbons (Fsp3) is 0.400. The molecule has 3 rings (SSSR count). The first-order valence-electron chi connectivity index (χ1n) is 7.21. The maximum absolute atomic E-state index is 12.4. The molecule has 0 aliphatic carbocycles. The summed E-state index contributed by atoms with van der Waals surface area (Å²) in [7, 11) is 0. The summed E-state index contributed by atoms with van der Waals surface area (Å²) in [6, 6.07) is 5.10. The van der Waals surface area contributed by atoms with Gasteiger partial charge in [-0.15, -0.1) is 0 Å². The van der Waals surface area contributed by atoms with Gasteiger partial charge in [-0.3, -0.25) is 4.79 Å². The second kappa shape index (κ2) is 6.97. The van der Waals surface area contributed by atoms with Crippen LogP contribution in [-0.4, -0.2) is 53.4 Å². The summed E-state index contributed by atoms with van der Waals surface area (Å²) in [6.07, 6.45) is 1.35. The smallest absolute Gasteiger partial charge is 0.276 e. The van der Waals surface area contributed by atoms with E-state index >= 15 is 0 Å². The van der Waals surface area contributed by atoms with E-state index in [-0.39, 0.29) is 18.6 Å². The third kappa shape index (κ3) is 3.80. The molecule has 1 unspecified atom stereocenters. The maximum Gasteiger partial charge on any atom is 0.276 e. The van der Waals surface area contributed by atoms with Crippen LogP contribution in [0.1, 0.15) is 16.2 Å². The molecule has 2 aromatic heterocycles. The van der Waals surface area contributed by atoms with Crippen LogP contribution in [0.5, 0.6) is 5.75 Å². The van der Waals surface area contributed by atoms with E-state index in [4.69, 9.17) is 25.6 Å². The van der Waals surface area contributed by atoms with E-state index in [1.807, 2.05) is 0 Å². The first kappa shape index (κ1) is 15.8. The summed E-state index contributed by atoms with van der Waals surface area (Å²) in [5.74, 6) is 0.926. The van der Waals surface area contributed by atoms with Gasteiger partial charge in [-0.2, -0.15) is 0 Å². The van der Waals surface area contributed by atoms with Crippen molar-refractivity contribution in [1.29, 1.82) is 0 Å². The van der Waals surface area contributed by atoms with Crippen LogP contribution in [-0.2, 0) is 4.74 Å². The van der Waals surface area contributed by atoms with Crippen molar-refractivity contribution < 1.29 is 18.8 Å². The van der Waals surface area contributed by atoms with E-state index < -0.39 is 0 Å². The Morgan fingerprint density at radius 2 is 2.43 bits per heavy atom. The van der Waals surface area contributed by atoms with Gasteiger partial charge < -0.3 is 18.9 Å². The normalized spacial score (nSPS) is 18.0. The van der Waals surface area contributed by atoms with Gasteiger partial charge in [0, 0.05) is 18.8 Å². The topological polar surface area (TPSA) is 77.7 Å². The minimum Gasteiger partial charge on any atom is -0.488 e. The summed E-state index contributed by atoms with van der Waals surface area (Å²) >= 11 is 5.94. The number of ether oxygens (including phenoxy) is 2. The second-order valence-corrected chi connectivity index (χ2v) is 5.53. The van der Waals surface area contributed by atoms with Crippen molar-refractivity contribution in [1.82, 2.24) is 15.0 Å². The number of hydrogen-bond acceptors (Lipinski definition) is 6. The van der Waals surface area contributed by atoms with Crippen molar-refractivity contribution in [3.05, 3.63) is 41.0 Å². The van der Waals surface area contributed by atoms with Gasteiger partial charge in [-0.25, -0.2) is 4.98 Å². The molecule has 1 aliphatic rings. The lowest BCUT2D eigenvalue weighted by Crippen LogP contribution is -2.47. The Morgan fingerprint density at radius 3 is 3.17 bits per heavy atom. The highest BCUT2D eigenvalue weighted by Gasteiger charge is 2.27. The van der Waals surface area contributed by atoms with Crippen LogP contribution in [0.25, 0.3) is 0 Å². The van der Waals surface area contributed by atoms with E-state index in [2.05, 4.69) is 10.1 Å². The predicted molar refractivity (Wildman–Crippen MR) is 81.6 cm³/mol. The van der Waals surface area contributed by atoms with Crippen molar-refractivity contribution in [2.24, 2.45) is 0 Å². The summed E-state index contributed by atoms with van der Waals surface area (Å²) in [6.45, 7) is 3.40. The molecule has 8 heteroatoms. The van der Waals surface area contributed by atoms with Crippen LogP contribution < -0.4 is 4.74 Å². The number of hydrogen-bond donors (Lipinski definition) is 0. The summed E-state index contributed by atoms with van der Waals surface area (Å²) < 4.78 is 16.2. The molecule has 2 aromatic rings. The molecule has 0 bridgehead atoms. The molecule has 0 radical (unpaired) electrons. The van der Waals surface area contributed by atoms with E-state index in [0.717, 1.165) is 0 Å². The molecule has 1 aliphatic heterocycles. The standard InChI is InChI=1S/C15H16ClN3O4/c1-10-7-12(18-23-10)15(20)19-5-6-21-11(8-19)9-22-13-3-2-4-17-14(13)16/h2-4,7,11H,5-6,8-9H2,1H3. The molecular weight excluding hydrogens is 322 g/mol. The second-order valence-electron chi connectivity index (χ2n) is 5.17. The van der Waals surface area contributed by atoms with Crippen LogP contribution >= 0.6 is 11.6 Å². The number of rotatable bonds is 4. The predicted octanol–water partition coefficient (Wildman–Crippen LogP) is 1.95. The quantitative estimate of drug-likeness (QED) is 0.794. The number of aromatic nitrogens is 2. The highest BCUT2D eigenvalue weighted by molar-refractivity contribution is 6.30. The number of morpholine rings is 1. The molecule has 0 N–H and O–H groups in total. The Balaban J connectivity index is 1.58. The largest absolute Gasteiger partial charge is 0.488 e. The van der Waals surface area contributed by atoms with Gasteiger partial charge >= 0.3 is 0 Å². The van der Waals surface area contributed by atoms with Gasteiger partial charge in [-0.1, -0.05) is 16.8 Å². The maximum atomic E-state index is 12.4. The SMILES string of the molecule is Cc1cc(C(=O)N2CCOC(COc3cccnc3Cl)C2)no1. The molecule has 0 spiro atoms. The first-order chi connectivity index (χ1) is 11.1. The molecular formula is C15H16ClN3O4. The number of aryl methyl sites for hydroxylation is 1. The zero-order chi connectivity index (χ0) is 16.2. The van der Waals surface area contributed by atoms with Gasteiger partial charge in [0.15, 0.2) is 16.6 Å². The van der Waals surface area contributed by atoms with Gasteiger partial charge in [-0.05, 0) is 19.1 Å². The third-order valence-corrected chi connectivity index (χ3v) is 3.71. The van der Waals surface area contributed by atoms with Crippen LogP contribution in [0, 0.1) is 6.92 Å². The number of carbonyl (C=O) groups is 1. The molecule has 122 valence electrons. The molecule has 7 nitrogen and oxygen atoms in total. The van der Waals surface area contributed by atoms with E-state index in [9.17, 15) is 4.79 Å². The van der Waals surface area contributed by atoms with E-state index in [0.29, 0.717) is 42.1 Å². The fourth-order valence-electron chi connectivity index (χ4n) is 2.30. The Kier molecular flexibility index (Phi) is 4.78. The molecule has 1 fully saturated rings. The number of pyridine rings is 1. The fourth-order valence-corrected chi connectivity index (χ4v) is 2.47. The van der Waals surface area contributed by atoms with Crippen molar-refractivity contribution in [3.63, 3.8) is 0 Å². The number of halogens is 1. The lowest BCUT2D eigenvalue weighted by atomic mass is 10.2. The van der Waals surface area contributed by atoms with Crippen LogP contribution in [0.15, 0.2) is 28.9 Å². The Morgan fingerprint density at radius 1 is 1.57 bits per heavy atom. The molecule has 0 saturated carbocycles. The molecule has 1 amide bonds.